The Morgan fingerprint density at radius 3 is 2.23 bits per heavy atom. The molecule has 2 nitrogen and oxygen atoms in total. The van der Waals surface area contributed by atoms with Crippen molar-refractivity contribution in [3.05, 3.63) is 71.3 Å². The van der Waals surface area contributed by atoms with E-state index in [1.807, 2.05) is 30.3 Å². The zero-order valence-corrected chi connectivity index (χ0v) is 12.1. The van der Waals surface area contributed by atoms with Crippen molar-refractivity contribution in [1.82, 2.24) is 0 Å². The number of halogens is 3. The zero-order valence-electron chi connectivity index (χ0n) is 12.1. The second-order valence-corrected chi connectivity index (χ2v) is 5.32. The van der Waals surface area contributed by atoms with Gasteiger partial charge in [-0.1, -0.05) is 48.5 Å². The molecule has 0 saturated carbocycles. The molecule has 0 saturated heterocycles. The molecule has 2 aromatic rings. The second-order valence-electron chi connectivity index (χ2n) is 5.32. The van der Waals surface area contributed by atoms with Gasteiger partial charge in [-0.3, -0.25) is 0 Å². The fraction of sp³-hybridized carbons (Fsp3) is 0.294. The molecule has 22 heavy (non-hydrogen) atoms. The van der Waals surface area contributed by atoms with Gasteiger partial charge >= 0.3 is 6.18 Å². The van der Waals surface area contributed by atoms with Crippen LogP contribution in [0.3, 0.4) is 0 Å². The van der Waals surface area contributed by atoms with Gasteiger partial charge in [0.25, 0.3) is 0 Å². The van der Waals surface area contributed by atoms with Gasteiger partial charge < -0.3 is 11.5 Å². The smallest absolute Gasteiger partial charge is 0.330 e. The first kappa shape index (κ1) is 16.5. The lowest BCUT2D eigenvalue weighted by molar-refractivity contribution is -0.137. The predicted octanol–water partition coefficient (Wildman–Crippen LogP) is 3.32. The Morgan fingerprint density at radius 1 is 0.955 bits per heavy atom. The largest absolute Gasteiger partial charge is 0.416 e. The molecule has 0 bridgehead atoms. The lowest BCUT2D eigenvalue weighted by atomic mass is 9.88. The van der Waals surface area contributed by atoms with E-state index < -0.39 is 11.7 Å². The van der Waals surface area contributed by atoms with Crippen LogP contribution in [-0.4, -0.2) is 12.6 Å². The summed E-state index contributed by atoms with van der Waals surface area (Å²) in [5.74, 6) is -0.0873. The van der Waals surface area contributed by atoms with Crippen molar-refractivity contribution in [3.8, 4) is 0 Å². The predicted molar refractivity (Wildman–Crippen MR) is 81.4 cm³/mol. The zero-order chi connectivity index (χ0) is 16.2. The van der Waals surface area contributed by atoms with Crippen LogP contribution in [0, 0.1) is 0 Å². The van der Waals surface area contributed by atoms with Crippen LogP contribution in [0.15, 0.2) is 54.6 Å². The van der Waals surface area contributed by atoms with Crippen molar-refractivity contribution in [3.63, 3.8) is 0 Å². The number of alkyl halides is 3. The first-order valence-corrected chi connectivity index (χ1v) is 7.08. The van der Waals surface area contributed by atoms with Gasteiger partial charge in [-0.05, 0) is 23.6 Å². The van der Waals surface area contributed by atoms with E-state index in [1.54, 1.807) is 6.07 Å². The minimum Gasteiger partial charge on any atom is -0.330 e. The van der Waals surface area contributed by atoms with Gasteiger partial charge in [0.2, 0.25) is 0 Å². The summed E-state index contributed by atoms with van der Waals surface area (Å²) < 4.78 is 38.2. The molecule has 0 fully saturated rings. The normalized spacial score (nSPS) is 14.6. The van der Waals surface area contributed by atoms with Crippen LogP contribution in [0.4, 0.5) is 13.2 Å². The summed E-state index contributed by atoms with van der Waals surface area (Å²) in [6.45, 7) is 0.351. The number of hydrogen-bond donors (Lipinski definition) is 2. The maximum atomic E-state index is 12.7. The molecule has 0 aliphatic rings. The molecule has 4 N–H and O–H groups in total. The molecular weight excluding hydrogens is 289 g/mol. The Labute approximate surface area is 127 Å². The molecule has 118 valence electrons. The minimum absolute atomic E-state index is 0.0873. The fourth-order valence-electron chi connectivity index (χ4n) is 2.55. The summed E-state index contributed by atoms with van der Waals surface area (Å²) in [7, 11) is 0. The highest BCUT2D eigenvalue weighted by Gasteiger charge is 2.30. The van der Waals surface area contributed by atoms with Gasteiger partial charge in [0.05, 0.1) is 5.56 Å². The molecular formula is C17H19F3N2. The molecule has 0 heterocycles. The maximum Gasteiger partial charge on any atom is 0.416 e. The highest BCUT2D eigenvalue weighted by atomic mass is 19.4. The van der Waals surface area contributed by atoms with E-state index in [0.717, 1.165) is 17.7 Å². The fourth-order valence-corrected chi connectivity index (χ4v) is 2.55. The van der Waals surface area contributed by atoms with Crippen molar-refractivity contribution < 1.29 is 13.2 Å². The molecule has 0 radical (unpaired) electrons. The molecule has 0 spiro atoms. The third-order valence-corrected chi connectivity index (χ3v) is 3.72. The first-order valence-electron chi connectivity index (χ1n) is 7.08. The second kappa shape index (κ2) is 6.94. The highest BCUT2D eigenvalue weighted by Crippen LogP contribution is 2.30. The number of nitrogens with two attached hydrogens (primary N) is 2. The first-order chi connectivity index (χ1) is 10.4. The average Bonchev–Trinajstić information content (AvgIpc) is 2.48. The molecule has 0 aliphatic heterocycles. The molecule has 0 aromatic heterocycles. The van der Waals surface area contributed by atoms with Gasteiger partial charge in [-0.2, -0.15) is 13.2 Å². The summed E-state index contributed by atoms with van der Waals surface area (Å²) >= 11 is 0. The van der Waals surface area contributed by atoms with Crippen LogP contribution in [0.5, 0.6) is 0 Å². The van der Waals surface area contributed by atoms with Crippen LogP contribution in [0.2, 0.25) is 0 Å². The third-order valence-electron chi connectivity index (χ3n) is 3.72. The van der Waals surface area contributed by atoms with E-state index in [0.29, 0.717) is 18.5 Å². The van der Waals surface area contributed by atoms with Gasteiger partial charge in [0.1, 0.15) is 0 Å². The molecule has 2 atom stereocenters. The molecule has 5 heteroatoms. The summed E-state index contributed by atoms with van der Waals surface area (Å²) in [4.78, 5) is 0. The van der Waals surface area contributed by atoms with Crippen LogP contribution in [0.1, 0.15) is 22.6 Å². The van der Waals surface area contributed by atoms with Gasteiger partial charge in [-0.25, -0.2) is 0 Å². The SMILES string of the molecule is NCC(c1ccccc1)C(N)Cc1cccc(C(F)(F)F)c1. The van der Waals surface area contributed by atoms with Crippen LogP contribution < -0.4 is 11.5 Å². The summed E-state index contributed by atoms with van der Waals surface area (Å²) in [5.41, 5.74) is 12.9. The Morgan fingerprint density at radius 2 is 1.64 bits per heavy atom. The lowest BCUT2D eigenvalue weighted by Crippen LogP contribution is -2.35. The lowest BCUT2D eigenvalue weighted by Gasteiger charge is -2.23. The van der Waals surface area contributed by atoms with Gasteiger partial charge in [0, 0.05) is 18.5 Å². The van der Waals surface area contributed by atoms with E-state index in [-0.39, 0.29) is 12.0 Å². The average molecular weight is 308 g/mol. The van der Waals surface area contributed by atoms with Crippen LogP contribution in [-0.2, 0) is 12.6 Å². The van der Waals surface area contributed by atoms with Gasteiger partial charge in [-0.15, -0.1) is 0 Å². The summed E-state index contributed by atoms with van der Waals surface area (Å²) in [6, 6.07) is 14.5. The van der Waals surface area contributed by atoms with Gasteiger partial charge in [0.15, 0.2) is 0 Å². The molecule has 2 unspecified atom stereocenters. The van der Waals surface area contributed by atoms with E-state index in [2.05, 4.69) is 0 Å². The van der Waals surface area contributed by atoms with Crippen molar-refractivity contribution in [1.29, 1.82) is 0 Å². The van der Waals surface area contributed by atoms with E-state index in [4.69, 9.17) is 11.5 Å². The monoisotopic (exact) mass is 308 g/mol. The minimum atomic E-state index is -4.34. The maximum absolute atomic E-state index is 12.7. The highest BCUT2D eigenvalue weighted by molar-refractivity contribution is 5.28. The number of hydrogen-bond acceptors (Lipinski definition) is 2. The van der Waals surface area contributed by atoms with E-state index in [9.17, 15) is 13.2 Å². The molecule has 2 aromatic carbocycles. The topological polar surface area (TPSA) is 52.0 Å². The Kier molecular flexibility index (Phi) is 5.21. The Bertz CT molecular complexity index is 596. The van der Waals surface area contributed by atoms with Crippen molar-refractivity contribution in [2.75, 3.05) is 6.54 Å². The van der Waals surface area contributed by atoms with Crippen molar-refractivity contribution in [2.45, 2.75) is 24.6 Å². The molecule has 0 amide bonds. The quantitative estimate of drug-likeness (QED) is 0.890. The molecule has 0 aliphatic carbocycles. The molecule has 2 rings (SSSR count). The third kappa shape index (κ3) is 4.08. The van der Waals surface area contributed by atoms with Crippen molar-refractivity contribution >= 4 is 0 Å². The summed E-state index contributed by atoms with van der Waals surface area (Å²) in [6.07, 6.45) is -3.99. The Hall–Kier alpha value is -1.85. The van der Waals surface area contributed by atoms with E-state index >= 15 is 0 Å². The Balaban J connectivity index is 2.16. The van der Waals surface area contributed by atoms with Crippen LogP contribution in [0.25, 0.3) is 0 Å². The van der Waals surface area contributed by atoms with Crippen molar-refractivity contribution in [2.24, 2.45) is 11.5 Å². The van der Waals surface area contributed by atoms with Crippen LogP contribution >= 0.6 is 0 Å². The standard InChI is InChI=1S/C17H19F3N2/c18-17(19,20)14-8-4-5-12(9-14)10-16(22)15(11-21)13-6-2-1-3-7-13/h1-9,15-16H,10-11,21-22H2. The number of benzene rings is 2. The van der Waals surface area contributed by atoms with E-state index in [1.165, 1.54) is 6.07 Å². The number of rotatable bonds is 5. The summed E-state index contributed by atoms with van der Waals surface area (Å²) in [5, 5.41) is 0.